The van der Waals surface area contributed by atoms with E-state index in [0.717, 1.165) is 17.1 Å². The summed E-state index contributed by atoms with van der Waals surface area (Å²) in [5, 5.41) is 9.34. The fourth-order valence-corrected chi connectivity index (χ4v) is 2.39. The number of hydrogen-bond acceptors (Lipinski definition) is 6. The number of ketones is 1. The van der Waals surface area contributed by atoms with Gasteiger partial charge < -0.3 is 16.6 Å². The molecule has 0 saturated heterocycles. The Labute approximate surface area is 128 Å². The number of Topliss-reactive ketones (excluding diaryl/α,β-unsaturated/α-hetero) is 1. The summed E-state index contributed by atoms with van der Waals surface area (Å²) in [6, 6.07) is -1.19. The van der Waals surface area contributed by atoms with E-state index in [1.54, 1.807) is 6.92 Å². The summed E-state index contributed by atoms with van der Waals surface area (Å²) in [6.45, 7) is 1.94. The Morgan fingerprint density at radius 1 is 1.27 bits per heavy atom. The second-order valence-corrected chi connectivity index (χ2v) is 5.19. The molecule has 8 heteroatoms. The van der Waals surface area contributed by atoms with Crippen molar-refractivity contribution in [1.82, 2.24) is 4.90 Å². The zero-order valence-corrected chi connectivity index (χ0v) is 12.4. The normalized spacial score (nSPS) is 18.4. The van der Waals surface area contributed by atoms with E-state index in [2.05, 4.69) is 0 Å². The van der Waals surface area contributed by atoms with Crippen LogP contribution in [0.1, 0.15) is 32.6 Å². The molecule has 0 spiro atoms. The molecular formula is C14H21N3O5. The van der Waals surface area contributed by atoms with Gasteiger partial charge in [-0.25, -0.2) is 4.79 Å². The van der Waals surface area contributed by atoms with Gasteiger partial charge in [-0.1, -0.05) is 6.92 Å². The third kappa shape index (κ3) is 3.40. The average Bonchev–Trinajstić information content (AvgIpc) is 2.80. The Morgan fingerprint density at radius 3 is 2.23 bits per heavy atom. The van der Waals surface area contributed by atoms with Gasteiger partial charge in [-0.15, -0.1) is 0 Å². The number of nitrogens with zero attached hydrogens (tertiary/aromatic N) is 1. The van der Waals surface area contributed by atoms with E-state index < -0.39 is 35.1 Å². The summed E-state index contributed by atoms with van der Waals surface area (Å²) in [6.07, 6.45) is 2.98. The van der Waals surface area contributed by atoms with Crippen molar-refractivity contribution in [3.05, 3.63) is 12.2 Å². The van der Waals surface area contributed by atoms with Crippen molar-refractivity contribution in [2.24, 2.45) is 11.5 Å². The van der Waals surface area contributed by atoms with Gasteiger partial charge in [-0.05, 0) is 32.2 Å². The summed E-state index contributed by atoms with van der Waals surface area (Å²) in [7, 11) is 0. The van der Waals surface area contributed by atoms with Crippen LogP contribution in [-0.2, 0) is 19.2 Å². The SMILES string of the molecule is CCC(C(=O)C(N)(CCCCN)C(=O)O)N1C(=O)C=CC1=O. The molecule has 1 rings (SSSR count). The lowest BCUT2D eigenvalue weighted by Gasteiger charge is -2.31. The van der Waals surface area contributed by atoms with Gasteiger partial charge in [0.1, 0.15) is 6.04 Å². The van der Waals surface area contributed by atoms with E-state index in [1.165, 1.54) is 0 Å². The first kappa shape index (κ1) is 18.0. The predicted molar refractivity (Wildman–Crippen MR) is 77.5 cm³/mol. The molecule has 1 aliphatic rings. The van der Waals surface area contributed by atoms with Crippen molar-refractivity contribution in [2.75, 3.05) is 6.54 Å². The lowest BCUT2D eigenvalue weighted by molar-refractivity contribution is -0.155. The van der Waals surface area contributed by atoms with E-state index in [4.69, 9.17) is 11.5 Å². The van der Waals surface area contributed by atoms with Gasteiger partial charge in [0.15, 0.2) is 11.3 Å². The quantitative estimate of drug-likeness (QED) is 0.286. The predicted octanol–water partition coefficient (Wildman–Crippen LogP) is -0.830. The second kappa shape index (κ2) is 7.28. The number of carbonyl (C=O) groups is 4. The van der Waals surface area contributed by atoms with Crippen LogP contribution in [0.5, 0.6) is 0 Å². The maximum Gasteiger partial charge on any atom is 0.331 e. The van der Waals surface area contributed by atoms with Gasteiger partial charge in [-0.3, -0.25) is 19.3 Å². The highest BCUT2D eigenvalue weighted by Crippen LogP contribution is 2.22. The number of aliphatic carboxylic acids is 1. The van der Waals surface area contributed by atoms with Gasteiger partial charge in [0.2, 0.25) is 0 Å². The maximum absolute atomic E-state index is 12.6. The number of amides is 2. The molecule has 2 atom stereocenters. The largest absolute Gasteiger partial charge is 0.480 e. The van der Waals surface area contributed by atoms with Gasteiger partial charge in [0, 0.05) is 12.2 Å². The molecule has 2 amide bonds. The lowest BCUT2D eigenvalue weighted by Crippen LogP contribution is -2.62. The highest BCUT2D eigenvalue weighted by molar-refractivity contribution is 6.18. The van der Waals surface area contributed by atoms with Crippen molar-refractivity contribution >= 4 is 23.6 Å². The van der Waals surface area contributed by atoms with Crippen molar-refractivity contribution in [2.45, 2.75) is 44.2 Å². The topological polar surface area (TPSA) is 144 Å². The smallest absolute Gasteiger partial charge is 0.331 e. The molecule has 0 bridgehead atoms. The van der Waals surface area contributed by atoms with Gasteiger partial charge >= 0.3 is 5.97 Å². The Morgan fingerprint density at radius 2 is 1.82 bits per heavy atom. The number of unbranched alkanes of at least 4 members (excludes halogenated alkanes) is 1. The van der Waals surface area contributed by atoms with Crippen molar-refractivity contribution in [1.29, 1.82) is 0 Å². The lowest BCUT2D eigenvalue weighted by atomic mass is 9.84. The summed E-state index contributed by atoms with van der Waals surface area (Å²) < 4.78 is 0. The summed E-state index contributed by atoms with van der Waals surface area (Å²) in [4.78, 5) is 48.2. The van der Waals surface area contributed by atoms with Crippen LogP contribution in [0, 0.1) is 0 Å². The van der Waals surface area contributed by atoms with Gasteiger partial charge in [0.25, 0.3) is 11.8 Å². The molecule has 0 aliphatic carbocycles. The van der Waals surface area contributed by atoms with Crippen LogP contribution in [0.15, 0.2) is 12.2 Å². The molecular weight excluding hydrogens is 290 g/mol. The number of hydrogen-bond donors (Lipinski definition) is 3. The van der Waals surface area contributed by atoms with E-state index >= 15 is 0 Å². The fourth-order valence-electron chi connectivity index (χ4n) is 2.39. The third-order valence-electron chi connectivity index (χ3n) is 3.69. The van der Waals surface area contributed by atoms with Crippen LogP contribution in [0.25, 0.3) is 0 Å². The van der Waals surface area contributed by atoms with Crippen molar-refractivity contribution in [3.8, 4) is 0 Å². The summed E-state index contributed by atoms with van der Waals surface area (Å²) in [5.41, 5.74) is 9.01. The molecule has 0 fully saturated rings. The summed E-state index contributed by atoms with van der Waals surface area (Å²) in [5.74, 6) is -3.59. The molecule has 1 heterocycles. The molecule has 22 heavy (non-hydrogen) atoms. The molecule has 0 aromatic rings. The minimum atomic E-state index is -2.14. The Kier molecular flexibility index (Phi) is 5.95. The maximum atomic E-state index is 12.6. The van der Waals surface area contributed by atoms with E-state index in [1.807, 2.05) is 0 Å². The number of rotatable bonds is 9. The highest BCUT2D eigenvalue weighted by atomic mass is 16.4. The van der Waals surface area contributed by atoms with Crippen LogP contribution < -0.4 is 11.5 Å². The molecule has 122 valence electrons. The standard InChI is InChI=1S/C14H21N3O5/c1-2-9(17-10(18)5-6-11(17)19)12(20)14(16,13(21)22)7-3-4-8-15/h5-6,9H,2-4,7-8,15-16H2,1H3,(H,21,22). The first-order valence-electron chi connectivity index (χ1n) is 7.11. The van der Waals surface area contributed by atoms with Crippen LogP contribution in [0.2, 0.25) is 0 Å². The van der Waals surface area contributed by atoms with E-state index in [-0.39, 0.29) is 12.8 Å². The fraction of sp³-hybridized carbons (Fsp3) is 0.571. The Bertz CT molecular complexity index is 499. The van der Waals surface area contributed by atoms with E-state index in [0.29, 0.717) is 19.4 Å². The minimum Gasteiger partial charge on any atom is -0.480 e. The number of carboxylic acids is 1. The highest BCUT2D eigenvalue weighted by Gasteiger charge is 2.48. The Balaban J connectivity index is 3.03. The van der Waals surface area contributed by atoms with Gasteiger partial charge in [0.05, 0.1) is 0 Å². The molecule has 0 radical (unpaired) electrons. The number of nitrogens with two attached hydrogens (primary N) is 2. The first-order chi connectivity index (χ1) is 10.3. The number of carboxylic acid groups (broad SMARTS) is 1. The van der Waals surface area contributed by atoms with E-state index in [9.17, 15) is 24.3 Å². The van der Waals surface area contributed by atoms with Crippen LogP contribution in [0.3, 0.4) is 0 Å². The molecule has 0 aromatic heterocycles. The van der Waals surface area contributed by atoms with Crippen molar-refractivity contribution < 1.29 is 24.3 Å². The number of imide groups is 1. The van der Waals surface area contributed by atoms with Crippen LogP contribution in [-0.4, -0.2) is 51.7 Å². The average molecular weight is 311 g/mol. The molecule has 0 aromatic carbocycles. The minimum absolute atomic E-state index is 0.0983. The molecule has 8 nitrogen and oxygen atoms in total. The molecule has 1 aliphatic heterocycles. The second-order valence-electron chi connectivity index (χ2n) is 5.19. The van der Waals surface area contributed by atoms with Crippen molar-refractivity contribution in [3.63, 3.8) is 0 Å². The van der Waals surface area contributed by atoms with Crippen LogP contribution >= 0.6 is 0 Å². The zero-order chi connectivity index (χ0) is 16.9. The Hall–Kier alpha value is -2.06. The number of carbonyl (C=O) groups excluding carboxylic acids is 3. The monoisotopic (exact) mass is 311 g/mol. The first-order valence-corrected chi connectivity index (χ1v) is 7.11. The molecule has 0 saturated carbocycles. The summed E-state index contributed by atoms with van der Waals surface area (Å²) >= 11 is 0. The molecule has 5 N–H and O–H groups in total. The molecule has 2 unspecified atom stereocenters. The zero-order valence-electron chi connectivity index (χ0n) is 12.4. The third-order valence-corrected chi connectivity index (χ3v) is 3.69. The van der Waals surface area contributed by atoms with Gasteiger partial charge in [-0.2, -0.15) is 0 Å². The van der Waals surface area contributed by atoms with Crippen LogP contribution in [0.4, 0.5) is 0 Å².